The van der Waals surface area contributed by atoms with E-state index in [-0.39, 0.29) is 37.0 Å². The van der Waals surface area contributed by atoms with Crippen LogP contribution in [0.15, 0.2) is 30.5 Å². The number of Topliss-reactive ketones (excluding diaryl/α,β-unsaturated/α-hetero) is 1. The number of benzene rings is 1. The van der Waals surface area contributed by atoms with E-state index < -0.39 is 14.9 Å². The van der Waals surface area contributed by atoms with Gasteiger partial charge in [-0.2, -0.15) is 13.5 Å². The third kappa shape index (κ3) is 6.22. The van der Waals surface area contributed by atoms with Crippen LogP contribution in [-0.2, 0) is 25.5 Å². The van der Waals surface area contributed by atoms with Crippen LogP contribution in [0.3, 0.4) is 0 Å². The highest BCUT2D eigenvalue weighted by atomic mass is 79.9. The van der Waals surface area contributed by atoms with E-state index >= 15 is 0 Å². The molecule has 0 N–H and O–H groups in total. The lowest BCUT2D eigenvalue weighted by Crippen LogP contribution is -2.20. The van der Waals surface area contributed by atoms with Crippen molar-refractivity contribution in [3.63, 3.8) is 0 Å². The van der Waals surface area contributed by atoms with Gasteiger partial charge in [-0.05, 0) is 36.6 Å². The summed E-state index contributed by atoms with van der Waals surface area (Å²) in [6.45, 7) is 3.93. The van der Waals surface area contributed by atoms with Crippen LogP contribution in [0.25, 0.3) is 5.69 Å². The third-order valence-corrected chi connectivity index (χ3v) is 5.45. The summed E-state index contributed by atoms with van der Waals surface area (Å²) in [5, 5.41) is 4.37. The van der Waals surface area contributed by atoms with Crippen molar-refractivity contribution in [2.45, 2.75) is 37.4 Å². The maximum Gasteiger partial charge on any atom is 0.264 e. The van der Waals surface area contributed by atoms with Gasteiger partial charge in [0.15, 0.2) is 5.78 Å². The molecular weight excluding hydrogens is 439 g/mol. The molecule has 0 amide bonds. The van der Waals surface area contributed by atoms with Gasteiger partial charge in [-0.1, -0.05) is 29.8 Å². The average Bonchev–Trinajstić information content (AvgIpc) is 2.98. The molecular formula is C18H22BrFN2O4S. The van der Waals surface area contributed by atoms with Gasteiger partial charge < -0.3 is 0 Å². The second-order valence-corrected chi connectivity index (χ2v) is 9.27. The minimum Gasteiger partial charge on any atom is -0.298 e. The first-order valence-electron chi connectivity index (χ1n) is 8.42. The van der Waals surface area contributed by atoms with E-state index in [0.29, 0.717) is 0 Å². The largest absolute Gasteiger partial charge is 0.298 e. The molecule has 27 heavy (non-hydrogen) atoms. The fraction of sp³-hybridized carbons (Fsp3) is 0.444. The zero-order chi connectivity index (χ0) is 20.2. The van der Waals surface area contributed by atoms with Crippen LogP contribution in [-0.4, -0.2) is 41.7 Å². The van der Waals surface area contributed by atoms with Crippen molar-refractivity contribution < 1.29 is 21.8 Å². The molecule has 1 aromatic carbocycles. The Balaban J connectivity index is 2.14. The Labute approximate surface area is 167 Å². The number of carbonyl (C=O) groups is 1. The van der Waals surface area contributed by atoms with Crippen LogP contribution < -0.4 is 0 Å². The van der Waals surface area contributed by atoms with Crippen molar-refractivity contribution in [3.8, 4) is 5.69 Å². The molecule has 0 aliphatic rings. The average molecular weight is 461 g/mol. The van der Waals surface area contributed by atoms with E-state index in [1.54, 1.807) is 23.0 Å². The van der Waals surface area contributed by atoms with E-state index in [4.69, 9.17) is 0 Å². The summed E-state index contributed by atoms with van der Waals surface area (Å²) in [7, 11) is -3.52. The van der Waals surface area contributed by atoms with Crippen molar-refractivity contribution >= 4 is 31.8 Å². The second kappa shape index (κ2) is 9.07. The lowest BCUT2D eigenvalue weighted by atomic mass is 10.00. The fourth-order valence-electron chi connectivity index (χ4n) is 2.69. The van der Waals surface area contributed by atoms with Crippen LogP contribution >= 0.6 is 15.9 Å². The molecule has 1 atom stereocenters. The summed E-state index contributed by atoms with van der Waals surface area (Å²) < 4.78 is 41.6. The van der Waals surface area contributed by atoms with Crippen molar-refractivity contribution in [2.24, 2.45) is 0 Å². The van der Waals surface area contributed by atoms with Crippen molar-refractivity contribution in [1.82, 2.24) is 9.78 Å². The number of halogens is 2. The number of ketones is 1. The molecule has 1 unspecified atom stereocenters. The highest BCUT2D eigenvalue weighted by Gasteiger charge is 2.22. The molecule has 148 valence electrons. The lowest BCUT2D eigenvalue weighted by Gasteiger charge is -2.14. The van der Waals surface area contributed by atoms with Crippen LogP contribution in [0.1, 0.15) is 37.4 Å². The van der Waals surface area contributed by atoms with Crippen LogP contribution in [0.5, 0.6) is 0 Å². The lowest BCUT2D eigenvalue weighted by molar-refractivity contribution is -0.118. The normalized spacial score (nSPS) is 13.1. The summed E-state index contributed by atoms with van der Waals surface area (Å²) in [6.07, 6.45) is 3.01. The van der Waals surface area contributed by atoms with Gasteiger partial charge in [-0.15, -0.1) is 0 Å². The van der Waals surface area contributed by atoms with Gasteiger partial charge in [0.05, 0.1) is 35.3 Å². The fourth-order valence-corrected chi connectivity index (χ4v) is 3.44. The number of hydrogen-bond acceptors (Lipinski definition) is 5. The van der Waals surface area contributed by atoms with Crippen LogP contribution in [0, 0.1) is 5.82 Å². The van der Waals surface area contributed by atoms with E-state index in [1.165, 1.54) is 12.1 Å². The van der Waals surface area contributed by atoms with Gasteiger partial charge in [0.1, 0.15) is 5.82 Å². The molecule has 0 aliphatic carbocycles. The van der Waals surface area contributed by atoms with Gasteiger partial charge in [0.2, 0.25) is 0 Å². The Morgan fingerprint density at radius 1 is 1.30 bits per heavy atom. The van der Waals surface area contributed by atoms with Gasteiger partial charge in [-0.3, -0.25) is 8.98 Å². The predicted octanol–water partition coefficient (Wildman–Crippen LogP) is 3.38. The Kier molecular flexibility index (Phi) is 7.30. The molecule has 0 aliphatic heterocycles. The standard InChI is InChI=1S/C18H22BrFN2O4S/c1-12(2)18-13(10-17(23)16(19)8-9-26-27(3,24)25)11-21-22(18)15-6-4-14(20)5-7-15/h4-7,11-12,16H,8-10H2,1-3H3. The topological polar surface area (TPSA) is 78.3 Å². The minimum atomic E-state index is -3.52. The van der Waals surface area contributed by atoms with Gasteiger partial charge in [0.25, 0.3) is 10.1 Å². The predicted molar refractivity (Wildman–Crippen MR) is 104 cm³/mol. The molecule has 1 aromatic heterocycles. The zero-order valence-corrected chi connectivity index (χ0v) is 17.8. The molecule has 0 bridgehead atoms. The van der Waals surface area contributed by atoms with Crippen molar-refractivity contribution in [1.29, 1.82) is 0 Å². The molecule has 9 heteroatoms. The Hall–Kier alpha value is -1.58. The maximum absolute atomic E-state index is 13.2. The van der Waals surface area contributed by atoms with Gasteiger partial charge in [0, 0.05) is 12.0 Å². The number of aromatic nitrogens is 2. The number of carbonyl (C=O) groups excluding carboxylic acids is 1. The van der Waals surface area contributed by atoms with E-state index in [2.05, 4.69) is 25.2 Å². The number of nitrogens with zero attached hydrogens (tertiary/aromatic N) is 2. The molecule has 6 nitrogen and oxygen atoms in total. The summed E-state index contributed by atoms with van der Waals surface area (Å²) in [4.78, 5) is 12.0. The molecule has 2 rings (SSSR count). The van der Waals surface area contributed by atoms with Gasteiger partial charge in [-0.25, -0.2) is 9.07 Å². The molecule has 0 spiro atoms. The maximum atomic E-state index is 13.2. The van der Waals surface area contributed by atoms with Crippen molar-refractivity contribution in [3.05, 3.63) is 47.5 Å². The van der Waals surface area contributed by atoms with Gasteiger partial charge >= 0.3 is 0 Å². The number of hydrogen-bond donors (Lipinski definition) is 0. The smallest absolute Gasteiger partial charge is 0.264 e. The molecule has 1 heterocycles. The zero-order valence-electron chi connectivity index (χ0n) is 15.4. The van der Waals surface area contributed by atoms with E-state index in [1.807, 2.05) is 13.8 Å². The molecule has 2 aromatic rings. The van der Waals surface area contributed by atoms with Crippen LogP contribution in [0.4, 0.5) is 4.39 Å². The monoisotopic (exact) mass is 460 g/mol. The van der Waals surface area contributed by atoms with Crippen molar-refractivity contribution in [2.75, 3.05) is 12.9 Å². The molecule has 0 radical (unpaired) electrons. The molecule has 0 fully saturated rings. The van der Waals surface area contributed by atoms with E-state index in [0.717, 1.165) is 23.2 Å². The van der Waals surface area contributed by atoms with Crippen LogP contribution in [0.2, 0.25) is 0 Å². The summed E-state index contributed by atoms with van der Waals surface area (Å²) in [6, 6.07) is 6.00. The summed E-state index contributed by atoms with van der Waals surface area (Å²) in [5.74, 6) is -0.318. The number of alkyl halides is 1. The first kappa shape index (κ1) is 21.7. The summed E-state index contributed by atoms with van der Waals surface area (Å²) in [5.41, 5.74) is 2.38. The molecule has 0 saturated carbocycles. The number of rotatable bonds is 9. The Morgan fingerprint density at radius 2 is 1.93 bits per heavy atom. The first-order chi connectivity index (χ1) is 12.6. The summed E-state index contributed by atoms with van der Waals surface area (Å²) >= 11 is 3.30. The second-order valence-electron chi connectivity index (χ2n) is 6.52. The highest BCUT2D eigenvalue weighted by molar-refractivity contribution is 9.10. The quantitative estimate of drug-likeness (QED) is 0.423. The third-order valence-electron chi connectivity index (χ3n) is 3.89. The minimum absolute atomic E-state index is 0.0631. The van der Waals surface area contributed by atoms with E-state index in [9.17, 15) is 17.6 Å². The Bertz CT molecular complexity index is 895. The Morgan fingerprint density at radius 3 is 2.48 bits per heavy atom. The SMILES string of the molecule is CC(C)c1c(CC(=O)C(Br)CCOS(C)(=O)=O)cnn1-c1ccc(F)cc1. The first-order valence-corrected chi connectivity index (χ1v) is 11.2. The molecule has 0 saturated heterocycles. The highest BCUT2D eigenvalue weighted by Crippen LogP contribution is 2.25.